The number of hydrogen-bond donors (Lipinski definition) is 1. The summed E-state index contributed by atoms with van der Waals surface area (Å²) in [6.07, 6.45) is 0. The van der Waals surface area contributed by atoms with Crippen LogP contribution in [0, 0.1) is 12.7 Å². The molecule has 19 heavy (non-hydrogen) atoms. The molecule has 0 fully saturated rings. The molecule has 0 amide bonds. The second kappa shape index (κ2) is 5.59. The van der Waals surface area contributed by atoms with Crippen molar-refractivity contribution in [2.75, 3.05) is 0 Å². The van der Waals surface area contributed by atoms with E-state index in [1.165, 1.54) is 6.07 Å². The second-order valence-corrected chi connectivity index (χ2v) is 4.92. The Hall–Kier alpha value is -1.58. The van der Waals surface area contributed by atoms with Crippen LogP contribution in [-0.2, 0) is 0 Å². The Labute approximate surface area is 117 Å². The van der Waals surface area contributed by atoms with Crippen molar-refractivity contribution in [1.82, 2.24) is 0 Å². The minimum Gasteiger partial charge on any atom is -0.457 e. The van der Waals surface area contributed by atoms with Gasteiger partial charge in [0.15, 0.2) is 0 Å². The Morgan fingerprint density at radius 1 is 1.26 bits per heavy atom. The largest absolute Gasteiger partial charge is 0.457 e. The van der Waals surface area contributed by atoms with E-state index < -0.39 is 0 Å². The van der Waals surface area contributed by atoms with Gasteiger partial charge in [0.05, 0.1) is 0 Å². The van der Waals surface area contributed by atoms with Crippen molar-refractivity contribution in [3.8, 4) is 11.5 Å². The molecule has 0 aromatic heterocycles. The van der Waals surface area contributed by atoms with Crippen LogP contribution in [0.15, 0.2) is 36.4 Å². The molecule has 0 aliphatic rings. The van der Waals surface area contributed by atoms with Gasteiger partial charge in [-0.25, -0.2) is 4.39 Å². The zero-order chi connectivity index (χ0) is 14.0. The van der Waals surface area contributed by atoms with Crippen molar-refractivity contribution in [3.05, 3.63) is 58.4 Å². The highest BCUT2D eigenvalue weighted by Crippen LogP contribution is 2.32. The summed E-state index contributed by atoms with van der Waals surface area (Å²) >= 11 is 5.91. The number of nitrogens with two attached hydrogens (primary N) is 1. The number of benzene rings is 2. The summed E-state index contributed by atoms with van der Waals surface area (Å²) in [7, 11) is 0. The van der Waals surface area contributed by atoms with Crippen molar-refractivity contribution in [3.63, 3.8) is 0 Å². The highest BCUT2D eigenvalue weighted by Gasteiger charge is 2.13. The van der Waals surface area contributed by atoms with Crippen molar-refractivity contribution >= 4 is 11.6 Å². The first-order valence-electron chi connectivity index (χ1n) is 5.96. The van der Waals surface area contributed by atoms with Crippen LogP contribution in [0.1, 0.15) is 24.1 Å². The van der Waals surface area contributed by atoms with Gasteiger partial charge in [-0.1, -0.05) is 17.7 Å². The van der Waals surface area contributed by atoms with Crippen LogP contribution < -0.4 is 10.5 Å². The molecule has 4 heteroatoms. The Bertz CT molecular complexity index is 599. The van der Waals surface area contributed by atoms with Gasteiger partial charge in [-0.2, -0.15) is 0 Å². The number of hydrogen-bond acceptors (Lipinski definition) is 2. The van der Waals surface area contributed by atoms with E-state index in [2.05, 4.69) is 0 Å². The predicted molar refractivity (Wildman–Crippen MR) is 75.3 cm³/mol. The van der Waals surface area contributed by atoms with Gasteiger partial charge in [0.2, 0.25) is 0 Å². The SMILES string of the molecule is Cc1cc(Oc2cccc(Cl)c2)c([C@H](C)N)cc1F. The fourth-order valence-electron chi connectivity index (χ4n) is 1.77. The molecule has 0 aliphatic carbocycles. The van der Waals surface area contributed by atoms with Crippen molar-refractivity contribution < 1.29 is 9.13 Å². The zero-order valence-electron chi connectivity index (χ0n) is 10.8. The van der Waals surface area contributed by atoms with Gasteiger partial charge in [-0.15, -0.1) is 0 Å². The minimum absolute atomic E-state index is 0.286. The minimum atomic E-state index is -0.315. The molecule has 2 N–H and O–H groups in total. The average molecular weight is 280 g/mol. The zero-order valence-corrected chi connectivity index (χ0v) is 11.5. The summed E-state index contributed by atoms with van der Waals surface area (Å²) in [6, 6.07) is 9.79. The lowest BCUT2D eigenvalue weighted by atomic mass is 10.1. The molecule has 2 aromatic rings. The molecule has 0 bridgehead atoms. The molecule has 2 rings (SSSR count). The summed E-state index contributed by atoms with van der Waals surface area (Å²) in [4.78, 5) is 0. The summed E-state index contributed by atoms with van der Waals surface area (Å²) < 4.78 is 19.3. The summed E-state index contributed by atoms with van der Waals surface area (Å²) in [6.45, 7) is 3.47. The molecule has 0 aliphatic heterocycles. The van der Waals surface area contributed by atoms with Crippen LogP contribution in [0.4, 0.5) is 4.39 Å². The van der Waals surface area contributed by atoms with E-state index in [0.717, 1.165) is 0 Å². The number of aryl methyl sites for hydroxylation is 1. The van der Waals surface area contributed by atoms with E-state index in [9.17, 15) is 4.39 Å². The first-order valence-corrected chi connectivity index (χ1v) is 6.34. The van der Waals surface area contributed by atoms with Crippen LogP contribution >= 0.6 is 11.6 Å². The van der Waals surface area contributed by atoms with Gasteiger partial charge in [0.1, 0.15) is 17.3 Å². The molecular formula is C15H15ClFNO. The van der Waals surface area contributed by atoms with Crippen LogP contribution in [0.5, 0.6) is 11.5 Å². The van der Waals surface area contributed by atoms with E-state index >= 15 is 0 Å². The third-order valence-corrected chi connectivity index (χ3v) is 3.04. The van der Waals surface area contributed by atoms with Crippen LogP contribution in [0.3, 0.4) is 0 Å². The highest BCUT2D eigenvalue weighted by molar-refractivity contribution is 6.30. The Kier molecular flexibility index (Phi) is 4.08. The number of ether oxygens (including phenoxy) is 1. The molecule has 0 radical (unpaired) electrons. The maximum Gasteiger partial charge on any atom is 0.132 e. The summed E-state index contributed by atoms with van der Waals surface area (Å²) in [5, 5.41) is 0.582. The van der Waals surface area contributed by atoms with Crippen molar-refractivity contribution in [2.24, 2.45) is 5.73 Å². The average Bonchev–Trinajstić information content (AvgIpc) is 2.33. The van der Waals surface area contributed by atoms with E-state index in [1.54, 1.807) is 44.2 Å². The molecule has 0 unspecified atom stereocenters. The standard InChI is InChI=1S/C15H15ClFNO/c1-9-6-15(13(10(2)18)8-14(9)17)19-12-5-3-4-11(16)7-12/h3-8,10H,18H2,1-2H3/t10-/m0/s1. The molecule has 0 saturated heterocycles. The summed E-state index contributed by atoms with van der Waals surface area (Å²) in [5.74, 6) is 0.863. The first-order chi connectivity index (χ1) is 8.97. The van der Waals surface area contributed by atoms with Crippen LogP contribution in [0.25, 0.3) is 0 Å². The lowest BCUT2D eigenvalue weighted by Gasteiger charge is -2.15. The molecule has 0 saturated carbocycles. The Balaban J connectivity index is 2.41. The molecule has 100 valence electrons. The van der Waals surface area contributed by atoms with Crippen LogP contribution in [0.2, 0.25) is 5.02 Å². The van der Waals surface area contributed by atoms with Gasteiger partial charge in [-0.3, -0.25) is 0 Å². The Morgan fingerprint density at radius 3 is 2.63 bits per heavy atom. The maximum atomic E-state index is 13.6. The third kappa shape index (κ3) is 3.25. The van der Waals surface area contributed by atoms with Crippen molar-refractivity contribution in [1.29, 1.82) is 0 Å². The normalized spacial score (nSPS) is 12.3. The molecule has 2 aromatic carbocycles. The van der Waals surface area contributed by atoms with Gasteiger partial charge >= 0.3 is 0 Å². The van der Waals surface area contributed by atoms with Gasteiger partial charge in [-0.05, 0) is 49.7 Å². The fraction of sp³-hybridized carbons (Fsp3) is 0.200. The summed E-state index contributed by atoms with van der Waals surface area (Å²) in [5.41, 5.74) is 6.99. The molecular weight excluding hydrogens is 265 g/mol. The van der Waals surface area contributed by atoms with Gasteiger partial charge < -0.3 is 10.5 Å². The quantitative estimate of drug-likeness (QED) is 0.891. The maximum absolute atomic E-state index is 13.6. The Morgan fingerprint density at radius 2 is 2.00 bits per heavy atom. The highest BCUT2D eigenvalue weighted by atomic mass is 35.5. The molecule has 0 heterocycles. The van der Waals surface area contributed by atoms with Crippen molar-refractivity contribution in [2.45, 2.75) is 19.9 Å². The smallest absolute Gasteiger partial charge is 0.132 e. The fourth-order valence-corrected chi connectivity index (χ4v) is 1.95. The van der Waals surface area contributed by atoms with E-state index in [1.807, 2.05) is 0 Å². The van der Waals surface area contributed by atoms with E-state index in [0.29, 0.717) is 27.6 Å². The number of halogens is 2. The van der Waals surface area contributed by atoms with Gasteiger partial charge in [0.25, 0.3) is 0 Å². The molecule has 1 atom stereocenters. The van der Waals surface area contributed by atoms with E-state index in [-0.39, 0.29) is 11.9 Å². The van der Waals surface area contributed by atoms with Gasteiger partial charge in [0, 0.05) is 16.6 Å². The molecule has 2 nitrogen and oxygen atoms in total. The predicted octanol–water partition coefficient (Wildman–Crippen LogP) is 4.60. The lowest BCUT2D eigenvalue weighted by Crippen LogP contribution is -2.08. The second-order valence-electron chi connectivity index (χ2n) is 4.49. The van der Waals surface area contributed by atoms with Crippen LogP contribution in [-0.4, -0.2) is 0 Å². The third-order valence-electron chi connectivity index (χ3n) is 2.81. The topological polar surface area (TPSA) is 35.2 Å². The molecule has 0 spiro atoms. The number of rotatable bonds is 3. The monoisotopic (exact) mass is 279 g/mol. The lowest BCUT2D eigenvalue weighted by molar-refractivity contribution is 0.468. The van der Waals surface area contributed by atoms with E-state index in [4.69, 9.17) is 22.1 Å². The first kappa shape index (κ1) is 13.8.